The molecule has 1 heterocycles. The molecule has 0 radical (unpaired) electrons. The molecule has 2 rings (SSSR count). The molecule has 1 aromatic heterocycles. The summed E-state index contributed by atoms with van der Waals surface area (Å²) < 4.78 is 0. The Morgan fingerprint density at radius 2 is 2.00 bits per heavy atom. The second kappa shape index (κ2) is 6.20. The van der Waals surface area contributed by atoms with Crippen molar-refractivity contribution in [2.24, 2.45) is 5.92 Å². The molecule has 90 valence electrons. The average molecular weight is 267 g/mol. The highest BCUT2D eigenvalue weighted by Crippen LogP contribution is 2.21. The van der Waals surface area contributed by atoms with Crippen LogP contribution < -0.4 is 0 Å². The van der Waals surface area contributed by atoms with E-state index in [2.05, 4.69) is 16.8 Å². The molecular formula is C14H15ClOS. The third-order valence-corrected chi connectivity index (χ3v) is 3.93. The second-order valence-corrected chi connectivity index (χ2v) is 5.37. The minimum atomic E-state index is 0.196. The van der Waals surface area contributed by atoms with E-state index < -0.39 is 0 Å². The van der Waals surface area contributed by atoms with Gasteiger partial charge in [-0.2, -0.15) is 11.3 Å². The van der Waals surface area contributed by atoms with Crippen molar-refractivity contribution < 1.29 is 5.11 Å². The van der Waals surface area contributed by atoms with Crippen molar-refractivity contribution in [2.75, 3.05) is 6.61 Å². The van der Waals surface area contributed by atoms with Gasteiger partial charge in [0.15, 0.2) is 0 Å². The van der Waals surface area contributed by atoms with Gasteiger partial charge in [0.25, 0.3) is 0 Å². The van der Waals surface area contributed by atoms with E-state index in [4.69, 9.17) is 11.6 Å². The van der Waals surface area contributed by atoms with Gasteiger partial charge in [-0.15, -0.1) is 0 Å². The number of benzene rings is 1. The van der Waals surface area contributed by atoms with E-state index in [1.165, 1.54) is 5.56 Å². The van der Waals surface area contributed by atoms with Gasteiger partial charge in [-0.1, -0.05) is 29.8 Å². The number of thiophene rings is 1. The fourth-order valence-corrected chi connectivity index (χ4v) is 2.81. The lowest BCUT2D eigenvalue weighted by Crippen LogP contribution is -2.12. The molecular weight excluding hydrogens is 252 g/mol. The van der Waals surface area contributed by atoms with Crippen molar-refractivity contribution >= 4 is 22.9 Å². The number of rotatable bonds is 5. The Balaban J connectivity index is 2.03. The lowest BCUT2D eigenvalue weighted by atomic mass is 9.94. The fourth-order valence-electron chi connectivity index (χ4n) is 1.92. The third-order valence-electron chi connectivity index (χ3n) is 2.83. The van der Waals surface area contributed by atoms with Crippen LogP contribution in [0.25, 0.3) is 0 Å². The van der Waals surface area contributed by atoms with Gasteiger partial charge in [0.2, 0.25) is 0 Å². The van der Waals surface area contributed by atoms with E-state index in [-0.39, 0.29) is 12.5 Å². The van der Waals surface area contributed by atoms with Gasteiger partial charge < -0.3 is 5.11 Å². The minimum absolute atomic E-state index is 0.196. The average Bonchev–Trinajstić information content (AvgIpc) is 2.84. The molecule has 0 aliphatic carbocycles. The molecule has 1 aromatic carbocycles. The van der Waals surface area contributed by atoms with Crippen molar-refractivity contribution in [3.8, 4) is 0 Å². The maximum atomic E-state index is 9.44. The summed E-state index contributed by atoms with van der Waals surface area (Å²) in [6.07, 6.45) is 1.73. The number of halogens is 1. The summed E-state index contributed by atoms with van der Waals surface area (Å²) in [5.74, 6) is 0.240. The van der Waals surface area contributed by atoms with E-state index in [1.807, 2.05) is 24.3 Å². The van der Waals surface area contributed by atoms with Crippen molar-refractivity contribution in [1.82, 2.24) is 0 Å². The molecule has 1 atom stereocenters. The number of aliphatic hydroxyl groups excluding tert-OH is 1. The summed E-state index contributed by atoms with van der Waals surface area (Å²) in [5.41, 5.74) is 2.41. The molecule has 17 heavy (non-hydrogen) atoms. The van der Waals surface area contributed by atoms with E-state index >= 15 is 0 Å². The summed E-state index contributed by atoms with van der Waals surface area (Å²) in [6, 6.07) is 9.95. The molecule has 0 aliphatic heterocycles. The second-order valence-electron chi connectivity index (χ2n) is 4.18. The van der Waals surface area contributed by atoms with Crippen molar-refractivity contribution in [3.05, 3.63) is 57.2 Å². The highest BCUT2D eigenvalue weighted by atomic mass is 35.5. The molecule has 0 saturated heterocycles. The van der Waals surface area contributed by atoms with Crippen LogP contribution in [-0.4, -0.2) is 11.7 Å². The van der Waals surface area contributed by atoms with Gasteiger partial charge in [-0.3, -0.25) is 0 Å². The largest absolute Gasteiger partial charge is 0.396 e. The van der Waals surface area contributed by atoms with Gasteiger partial charge >= 0.3 is 0 Å². The smallest absolute Gasteiger partial charge is 0.0465 e. The van der Waals surface area contributed by atoms with Crippen LogP contribution >= 0.6 is 22.9 Å². The molecule has 2 aromatic rings. The van der Waals surface area contributed by atoms with Crippen LogP contribution in [-0.2, 0) is 12.8 Å². The van der Waals surface area contributed by atoms with Gasteiger partial charge in [0.1, 0.15) is 0 Å². The van der Waals surface area contributed by atoms with Gasteiger partial charge in [-0.05, 0) is 52.8 Å². The summed E-state index contributed by atoms with van der Waals surface area (Å²) in [7, 11) is 0. The van der Waals surface area contributed by atoms with Gasteiger partial charge in [-0.25, -0.2) is 0 Å². The summed E-state index contributed by atoms with van der Waals surface area (Å²) in [4.78, 5) is 0. The molecule has 0 saturated carbocycles. The SMILES string of the molecule is OCC(Cc1ccsc1)Cc1ccccc1Cl. The van der Waals surface area contributed by atoms with Gasteiger partial charge in [0, 0.05) is 11.6 Å². The Morgan fingerprint density at radius 1 is 1.18 bits per heavy atom. The maximum Gasteiger partial charge on any atom is 0.0465 e. The summed E-state index contributed by atoms with van der Waals surface area (Å²) in [5, 5.41) is 14.4. The quantitative estimate of drug-likeness (QED) is 0.873. The first-order chi connectivity index (χ1) is 8.29. The lowest BCUT2D eigenvalue weighted by Gasteiger charge is -2.14. The molecule has 0 fully saturated rings. The molecule has 1 nitrogen and oxygen atoms in total. The van der Waals surface area contributed by atoms with Crippen LogP contribution in [0.5, 0.6) is 0 Å². The molecule has 0 aliphatic rings. The zero-order valence-corrected chi connectivity index (χ0v) is 11.0. The van der Waals surface area contributed by atoms with Crippen LogP contribution in [0.15, 0.2) is 41.1 Å². The van der Waals surface area contributed by atoms with Crippen molar-refractivity contribution in [1.29, 1.82) is 0 Å². The zero-order valence-electron chi connectivity index (χ0n) is 9.47. The fraction of sp³-hybridized carbons (Fsp3) is 0.286. The first-order valence-electron chi connectivity index (χ1n) is 5.65. The van der Waals surface area contributed by atoms with Crippen LogP contribution in [0, 0.1) is 5.92 Å². The van der Waals surface area contributed by atoms with Crippen molar-refractivity contribution in [2.45, 2.75) is 12.8 Å². The summed E-state index contributed by atoms with van der Waals surface area (Å²) in [6.45, 7) is 0.196. The van der Waals surface area contributed by atoms with E-state index in [0.29, 0.717) is 0 Å². The van der Waals surface area contributed by atoms with Gasteiger partial charge in [0.05, 0.1) is 0 Å². The Hall–Kier alpha value is -0.830. The first-order valence-corrected chi connectivity index (χ1v) is 6.97. The molecule has 0 bridgehead atoms. The summed E-state index contributed by atoms with van der Waals surface area (Å²) >= 11 is 7.82. The van der Waals surface area contributed by atoms with Crippen molar-refractivity contribution in [3.63, 3.8) is 0 Å². The topological polar surface area (TPSA) is 20.2 Å². The van der Waals surface area contributed by atoms with E-state index in [0.717, 1.165) is 23.4 Å². The molecule has 0 amide bonds. The van der Waals surface area contributed by atoms with Crippen LogP contribution in [0.3, 0.4) is 0 Å². The Labute approximate surface area is 111 Å². The normalized spacial score (nSPS) is 12.6. The standard InChI is InChI=1S/C14H15ClOS/c15-14-4-2-1-3-13(14)8-12(9-16)7-11-5-6-17-10-11/h1-6,10,12,16H,7-9H2. The predicted octanol–water partition coefficient (Wildman–Crippen LogP) is 3.80. The number of hydrogen-bond acceptors (Lipinski definition) is 2. The molecule has 3 heteroatoms. The molecule has 0 spiro atoms. The Kier molecular flexibility index (Phi) is 4.60. The molecule has 1 N–H and O–H groups in total. The Morgan fingerprint density at radius 3 is 2.65 bits per heavy atom. The highest BCUT2D eigenvalue weighted by Gasteiger charge is 2.11. The Bertz CT molecular complexity index is 453. The van der Waals surface area contributed by atoms with Crippen LogP contribution in [0.2, 0.25) is 5.02 Å². The third kappa shape index (κ3) is 3.56. The number of aliphatic hydroxyl groups is 1. The first kappa shape index (κ1) is 12.6. The zero-order chi connectivity index (χ0) is 12.1. The van der Waals surface area contributed by atoms with Crippen LogP contribution in [0.1, 0.15) is 11.1 Å². The number of hydrogen-bond donors (Lipinski definition) is 1. The van der Waals surface area contributed by atoms with Crippen LogP contribution in [0.4, 0.5) is 0 Å². The molecule has 1 unspecified atom stereocenters. The van der Waals surface area contributed by atoms with E-state index in [9.17, 15) is 5.11 Å². The monoisotopic (exact) mass is 266 g/mol. The maximum absolute atomic E-state index is 9.44. The lowest BCUT2D eigenvalue weighted by molar-refractivity contribution is 0.225. The minimum Gasteiger partial charge on any atom is -0.396 e. The van der Waals surface area contributed by atoms with E-state index in [1.54, 1.807) is 11.3 Å². The highest BCUT2D eigenvalue weighted by molar-refractivity contribution is 7.07. The predicted molar refractivity (Wildman–Crippen MR) is 73.8 cm³/mol.